The van der Waals surface area contributed by atoms with Crippen molar-refractivity contribution in [2.75, 3.05) is 43.5 Å². The number of rotatable bonds is 8. The number of hydrogen-bond donors (Lipinski definition) is 1. The largest absolute Gasteiger partial charge is 0.493 e. The number of hydrogen-bond acceptors (Lipinski definition) is 5. The van der Waals surface area contributed by atoms with Crippen LogP contribution in [0.25, 0.3) is 0 Å². The maximum absolute atomic E-state index is 12.6. The van der Waals surface area contributed by atoms with Crippen LogP contribution in [0.1, 0.15) is 18.1 Å². The lowest BCUT2D eigenvalue weighted by molar-refractivity contribution is 0.181. The molecular formula is C27H33N3O3S. The predicted octanol–water partition coefficient (Wildman–Crippen LogP) is 4.86. The summed E-state index contributed by atoms with van der Waals surface area (Å²) < 4.78 is 26.5. The highest BCUT2D eigenvalue weighted by Gasteiger charge is 2.24. The second-order valence-corrected chi connectivity index (χ2v) is 9.90. The molecule has 1 saturated heterocycles. The molecule has 4 rings (SSSR count). The van der Waals surface area contributed by atoms with Crippen molar-refractivity contribution in [3.8, 4) is 11.5 Å². The highest BCUT2D eigenvalue weighted by atomic mass is 32.2. The SMILES string of the molecule is COc1ccc(CN2CCN(c3ccc(NS(=O)c4ccc(C)cc4)cc3)CC2C)cc1OC. The average molecular weight is 480 g/mol. The van der Waals surface area contributed by atoms with Gasteiger partial charge in [-0.15, -0.1) is 0 Å². The lowest BCUT2D eigenvalue weighted by Gasteiger charge is -2.41. The fraction of sp³-hybridized carbons (Fsp3) is 0.333. The second-order valence-electron chi connectivity index (χ2n) is 8.69. The zero-order valence-corrected chi connectivity index (χ0v) is 21.1. The molecule has 7 heteroatoms. The first-order valence-electron chi connectivity index (χ1n) is 11.5. The van der Waals surface area contributed by atoms with E-state index < -0.39 is 11.0 Å². The van der Waals surface area contributed by atoms with Crippen LogP contribution in [0.4, 0.5) is 11.4 Å². The Morgan fingerprint density at radius 1 is 0.941 bits per heavy atom. The van der Waals surface area contributed by atoms with Crippen LogP contribution >= 0.6 is 0 Å². The summed E-state index contributed by atoms with van der Waals surface area (Å²) in [4.78, 5) is 5.68. The molecule has 1 N–H and O–H groups in total. The van der Waals surface area contributed by atoms with Crippen LogP contribution in [-0.2, 0) is 17.5 Å². The predicted molar refractivity (Wildman–Crippen MR) is 139 cm³/mol. The summed E-state index contributed by atoms with van der Waals surface area (Å²) in [5.41, 5.74) is 4.41. The first kappa shape index (κ1) is 24.1. The second kappa shape index (κ2) is 10.9. The number of benzene rings is 3. The molecule has 0 spiro atoms. The lowest BCUT2D eigenvalue weighted by Crippen LogP contribution is -2.51. The van der Waals surface area contributed by atoms with Crippen molar-refractivity contribution < 1.29 is 13.7 Å². The monoisotopic (exact) mass is 479 g/mol. The van der Waals surface area contributed by atoms with Gasteiger partial charge in [0.15, 0.2) is 11.5 Å². The summed E-state index contributed by atoms with van der Waals surface area (Å²) in [5, 5.41) is 0. The van der Waals surface area contributed by atoms with Crippen molar-refractivity contribution in [3.63, 3.8) is 0 Å². The van der Waals surface area contributed by atoms with Crippen LogP contribution in [0.5, 0.6) is 11.5 Å². The van der Waals surface area contributed by atoms with Crippen molar-refractivity contribution >= 4 is 22.4 Å². The molecule has 1 aliphatic heterocycles. The third-order valence-electron chi connectivity index (χ3n) is 6.28. The molecule has 1 heterocycles. The summed E-state index contributed by atoms with van der Waals surface area (Å²) in [7, 11) is 2.05. The number of nitrogens with one attached hydrogen (secondary N) is 1. The third-order valence-corrected chi connectivity index (χ3v) is 7.40. The van der Waals surface area contributed by atoms with Gasteiger partial charge >= 0.3 is 0 Å². The van der Waals surface area contributed by atoms with Crippen molar-refractivity contribution in [1.82, 2.24) is 4.90 Å². The van der Waals surface area contributed by atoms with E-state index in [-0.39, 0.29) is 0 Å². The van der Waals surface area contributed by atoms with Crippen LogP contribution < -0.4 is 19.1 Å². The van der Waals surface area contributed by atoms with Crippen molar-refractivity contribution in [2.45, 2.75) is 31.3 Å². The summed E-state index contributed by atoms with van der Waals surface area (Å²) >= 11 is 0. The molecule has 3 aromatic carbocycles. The quantitative estimate of drug-likeness (QED) is 0.500. The Balaban J connectivity index is 1.34. The van der Waals surface area contributed by atoms with Crippen LogP contribution in [0.15, 0.2) is 71.6 Å². The first-order valence-corrected chi connectivity index (χ1v) is 12.7. The number of aryl methyl sites for hydroxylation is 1. The van der Waals surface area contributed by atoms with Gasteiger partial charge in [-0.1, -0.05) is 23.8 Å². The van der Waals surface area contributed by atoms with E-state index >= 15 is 0 Å². The number of ether oxygens (including phenoxy) is 2. The molecule has 6 nitrogen and oxygen atoms in total. The molecule has 2 unspecified atom stereocenters. The van der Waals surface area contributed by atoms with Gasteiger partial charge in [-0.25, -0.2) is 4.21 Å². The molecule has 3 aromatic rings. The van der Waals surface area contributed by atoms with Gasteiger partial charge in [0.05, 0.1) is 19.1 Å². The molecule has 1 aliphatic rings. The number of piperazine rings is 1. The van der Waals surface area contributed by atoms with Gasteiger partial charge < -0.3 is 19.1 Å². The average Bonchev–Trinajstić information content (AvgIpc) is 2.86. The highest BCUT2D eigenvalue weighted by Crippen LogP contribution is 2.29. The first-order chi connectivity index (χ1) is 16.5. The van der Waals surface area contributed by atoms with Gasteiger partial charge in [0, 0.05) is 43.6 Å². The molecule has 34 heavy (non-hydrogen) atoms. The fourth-order valence-electron chi connectivity index (χ4n) is 4.25. The van der Waals surface area contributed by atoms with E-state index in [1.807, 2.05) is 49.4 Å². The summed E-state index contributed by atoms with van der Waals surface area (Å²) in [6.45, 7) is 8.06. The maximum Gasteiger partial charge on any atom is 0.161 e. The number of nitrogens with zero attached hydrogens (tertiary/aromatic N) is 2. The summed E-state index contributed by atoms with van der Waals surface area (Å²) in [5.74, 6) is 1.52. The van der Waals surface area contributed by atoms with Crippen LogP contribution in [-0.4, -0.2) is 49.0 Å². The Morgan fingerprint density at radius 3 is 2.29 bits per heavy atom. The Morgan fingerprint density at radius 2 is 1.65 bits per heavy atom. The summed E-state index contributed by atoms with van der Waals surface area (Å²) in [6, 6.07) is 22.5. The molecule has 2 atom stereocenters. The fourth-order valence-corrected chi connectivity index (χ4v) is 5.10. The third kappa shape index (κ3) is 5.72. The highest BCUT2D eigenvalue weighted by molar-refractivity contribution is 7.86. The topological polar surface area (TPSA) is 54.0 Å². The maximum atomic E-state index is 12.6. The molecule has 1 fully saturated rings. The van der Waals surface area contributed by atoms with Crippen LogP contribution in [0.2, 0.25) is 0 Å². The minimum Gasteiger partial charge on any atom is -0.493 e. The number of methoxy groups -OCH3 is 2. The van der Waals surface area contributed by atoms with Crippen molar-refractivity contribution in [1.29, 1.82) is 0 Å². The van der Waals surface area contributed by atoms with Gasteiger partial charge in [-0.05, 0) is 67.9 Å². The molecule has 0 bridgehead atoms. The van der Waals surface area contributed by atoms with E-state index in [9.17, 15) is 4.21 Å². The van der Waals surface area contributed by atoms with Gasteiger partial charge in [-0.3, -0.25) is 4.90 Å². The minimum absolute atomic E-state index is 0.411. The molecule has 0 saturated carbocycles. The zero-order valence-electron chi connectivity index (χ0n) is 20.3. The number of anilines is 2. The zero-order chi connectivity index (χ0) is 24.1. The Bertz CT molecular complexity index is 1120. The van der Waals surface area contributed by atoms with Gasteiger partial charge in [0.25, 0.3) is 0 Å². The molecule has 180 valence electrons. The summed E-state index contributed by atoms with van der Waals surface area (Å²) in [6.07, 6.45) is 0. The molecule has 0 aliphatic carbocycles. The van der Waals surface area contributed by atoms with Crippen LogP contribution in [0.3, 0.4) is 0 Å². The van der Waals surface area contributed by atoms with Crippen LogP contribution in [0, 0.1) is 6.92 Å². The molecule has 0 radical (unpaired) electrons. The van der Waals surface area contributed by atoms with Crippen molar-refractivity contribution in [2.24, 2.45) is 0 Å². The van der Waals surface area contributed by atoms with E-state index in [4.69, 9.17) is 9.47 Å². The van der Waals surface area contributed by atoms with Gasteiger partial charge in [-0.2, -0.15) is 0 Å². The normalized spacial score (nSPS) is 17.3. The van der Waals surface area contributed by atoms with E-state index in [1.54, 1.807) is 14.2 Å². The van der Waals surface area contributed by atoms with Crippen molar-refractivity contribution in [3.05, 3.63) is 77.9 Å². The minimum atomic E-state index is -1.28. The van der Waals surface area contributed by atoms with E-state index in [2.05, 4.69) is 45.7 Å². The van der Waals surface area contributed by atoms with E-state index in [1.165, 1.54) is 11.3 Å². The Labute approximate surface area is 205 Å². The smallest absolute Gasteiger partial charge is 0.161 e. The molecular weight excluding hydrogens is 446 g/mol. The lowest BCUT2D eigenvalue weighted by atomic mass is 10.1. The Hall–Kier alpha value is -3.03. The van der Waals surface area contributed by atoms with Gasteiger partial charge in [0.1, 0.15) is 11.0 Å². The Kier molecular flexibility index (Phi) is 7.75. The van der Waals surface area contributed by atoms with Gasteiger partial charge in [0.2, 0.25) is 0 Å². The molecule has 0 aromatic heterocycles. The molecule has 0 amide bonds. The standard InChI is InChI=1S/C27H33N3O3S/c1-20-5-12-25(13-6-20)34(31)28-23-8-10-24(11-9-23)30-16-15-29(21(2)18-30)19-22-7-14-26(32-3)27(17-22)33-4/h5-14,17,21,28H,15-16,18-19H2,1-4H3. The van der Waals surface area contributed by atoms with E-state index in [0.29, 0.717) is 6.04 Å². The van der Waals surface area contributed by atoms with E-state index in [0.717, 1.165) is 53.8 Å².